The van der Waals surface area contributed by atoms with Gasteiger partial charge in [-0.05, 0) is 42.1 Å². The first kappa shape index (κ1) is 20.1. The molecule has 166 valence electrons. The van der Waals surface area contributed by atoms with Gasteiger partial charge in [-0.3, -0.25) is 9.59 Å². The Hall–Kier alpha value is -3.58. The number of anilines is 1. The van der Waals surface area contributed by atoms with Gasteiger partial charge in [-0.15, -0.1) is 0 Å². The van der Waals surface area contributed by atoms with Crippen LogP contribution in [0.25, 0.3) is 10.8 Å². The molecule has 6 rings (SSSR count). The van der Waals surface area contributed by atoms with Crippen molar-refractivity contribution in [1.29, 1.82) is 0 Å². The van der Waals surface area contributed by atoms with E-state index in [1.807, 2.05) is 36.4 Å². The molecule has 0 radical (unpaired) electrons. The standard InChI is InChI=1S/C25H20ClN3O4/c26-16-8-10-18(11-9-16)33-14-22(30)27-13-17-12-21(27)23-24(31)29(25(32)28(17)23)20-7-3-5-15-4-1-2-6-19(15)20/h1-11,17,21,23H,12-14H2. The number of nitrogens with zero attached hydrogens (tertiary/aromatic N) is 3. The summed E-state index contributed by atoms with van der Waals surface area (Å²) in [6, 6.07) is 18.6. The molecule has 3 atom stereocenters. The summed E-state index contributed by atoms with van der Waals surface area (Å²) < 4.78 is 5.62. The van der Waals surface area contributed by atoms with Crippen LogP contribution in [0.15, 0.2) is 66.7 Å². The second-order valence-corrected chi connectivity index (χ2v) is 8.99. The number of rotatable bonds is 4. The smallest absolute Gasteiger partial charge is 0.332 e. The molecule has 3 aromatic rings. The molecule has 0 N–H and O–H groups in total. The lowest BCUT2D eigenvalue weighted by atomic mass is 10.1. The quantitative estimate of drug-likeness (QED) is 0.556. The van der Waals surface area contributed by atoms with E-state index in [1.165, 1.54) is 4.90 Å². The number of urea groups is 1. The summed E-state index contributed by atoms with van der Waals surface area (Å²) in [5, 5.41) is 2.40. The summed E-state index contributed by atoms with van der Waals surface area (Å²) in [6.07, 6.45) is 0.609. The lowest BCUT2D eigenvalue weighted by Gasteiger charge is -2.34. The van der Waals surface area contributed by atoms with Gasteiger partial charge in [0, 0.05) is 17.0 Å². The second-order valence-electron chi connectivity index (χ2n) is 8.55. The Morgan fingerprint density at radius 1 is 1.00 bits per heavy atom. The van der Waals surface area contributed by atoms with Crippen LogP contribution in [-0.4, -0.2) is 58.9 Å². The maximum Gasteiger partial charge on any atom is 0.332 e. The molecule has 3 heterocycles. The first-order valence-corrected chi connectivity index (χ1v) is 11.2. The van der Waals surface area contributed by atoms with Crippen LogP contribution in [0.1, 0.15) is 6.42 Å². The van der Waals surface area contributed by atoms with Crippen LogP contribution in [0.2, 0.25) is 5.02 Å². The molecule has 7 nitrogen and oxygen atoms in total. The Kier molecular flexibility index (Phi) is 4.55. The average molecular weight is 462 g/mol. The van der Waals surface area contributed by atoms with Crippen LogP contribution >= 0.6 is 11.6 Å². The molecule has 0 aromatic heterocycles. The molecular formula is C25H20ClN3O4. The van der Waals surface area contributed by atoms with E-state index < -0.39 is 6.04 Å². The number of halogens is 1. The van der Waals surface area contributed by atoms with E-state index in [9.17, 15) is 14.4 Å². The van der Waals surface area contributed by atoms with Crippen LogP contribution in [0.3, 0.4) is 0 Å². The van der Waals surface area contributed by atoms with Gasteiger partial charge in [-0.25, -0.2) is 9.69 Å². The molecule has 0 saturated carbocycles. The molecule has 3 saturated heterocycles. The van der Waals surface area contributed by atoms with E-state index in [0.29, 0.717) is 29.4 Å². The van der Waals surface area contributed by atoms with Gasteiger partial charge in [-0.2, -0.15) is 0 Å². The van der Waals surface area contributed by atoms with E-state index in [1.54, 1.807) is 40.1 Å². The Morgan fingerprint density at radius 3 is 2.58 bits per heavy atom. The van der Waals surface area contributed by atoms with Crippen molar-refractivity contribution in [3.8, 4) is 5.75 Å². The van der Waals surface area contributed by atoms with Crippen LogP contribution in [-0.2, 0) is 9.59 Å². The molecule has 0 spiro atoms. The van der Waals surface area contributed by atoms with Crippen molar-refractivity contribution in [1.82, 2.24) is 9.80 Å². The SMILES string of the molecule is O=C1C2C3CC(CN3C(=O)COc3ccc(Cl)cc3)N2C(=O)N1c1cccc2ccccc12. The van der Waals surface area contributed by atoms with E-state index >= 15 is 0 Å². The number of likely N-dealkylation sites (tertiary alicyclic amines) is 1. The summed E-state index contributed by atoms with van der Waals surface area (Å²) in [6.45, 7) is 0.277. The molecule has 33 heavy (non-hydrogen) atoms. The number of imide groups is 1. The van der Waals surface area contributed by atoms with Crippen molar-refractivity contribution >= 4 is 45.9 Å². The Morgan fingerprint density at radius 2 is 1.76 bits per heavy atom. The largest absolute Gasteiger partial charge is 0.484 e. The van der Waals surface area contributed by atoms with E-state index in [0.717, 1.165) is 10.8 Å². The maximum absolute atomic E-state index is 13.5. The van der Waals surface area contributed by atoms with Gasteiger partial charge >= 0.3 is 6.03 Å². The van der Waals surface area contributed by atoms with Crippen LogP contribution in [0.4, 0.5) is 10.5 Å². The predicted molar refractivity (Wildman–Crippen MR) is 123 cm³/mol. The molecule has 3 aliphatic rings. The molecule has 3 aromatic carbocycles. The number of fused-ring (bicyclic) bond motifs is 6. The normalized spacial score (nSPS) is 23.5. The summed E-state index contributed by atoms with van der Waals surface area (Å²) in [5.74, 6) is 0.0777. The van der Waals surface area contributed by atoms with Gasteiger partial charge in [0.05, 0.1) is 17.8 Å². The van der Waals surface area contributed by atoms with Crippen LogP contribution < -0.4 is 9.64 Å². The molecule has 2 bridgehead atoms. The van der Waals surface area contributed by atoms with Crippen LogP contribution in [0, 0.1) is 0 Å². The molecule has 0 aliphatic carbocycles. The zero-order valence-electron chi connectivity index (χ0n) is 17.6. The van der Waals surface area contributed by atoms with Crippen LogP contribution in [0.5, 0.6) is 5.75 Å². The van der Waals surface area contributed by atoms with Crippen molar-refractivity contribution < 1.29 is 19.1 Å². The Bertz CT molecular complexity index is 1290. The van der Waals surface area contributed by atoms with Gasteiger partial charge in [0.1, 0.15) is 11.8 Å². The highest BCUT2D eigenvalue weighted by molar-refractivity contribution is 6.30. The van der Waals surface area contributed by atoms with Crippen molar-refractivity contribution in [2.75, 3.05) is 18.1 Å². The van der Waals surface area contributed by atoms with Gasteiger partial charge in [0.25, 0.3) is 11.8 Å². The number of ether oxygens (including phenoxy) is 1. The molecule has 8 heteroatoms. The number of carbonyl (C=O) groups excluding carboxylic acids is 3. The number of amides is 4. The molecule has 4 amide bonds. The third-order valence-corrected chi connectivity index (χ3v) is 7.02. The van der Waals surface area contributed by atoms with Crippen molar-refractivity contribution in [3.63, 3.8) is 0 Å². The highest BCUT2D eigenvalue weighted by Crippen LogP contribution is 2.43. The molecule has 3 unspecified atom stereocenters. The zero-order chi connectivity index (χ0) is 22.7. The molecule has 3 aliphatic heterocycles. The highest BCUT2D eigenvalue weighted by atomic mass is 35.5. The van der Waals surface area contributed by atoms with Gasteiger partial charge in [0.15, 0.2) is 6.61 Å². The number of hydrogen-bond donors (Lipinski definition) is 0. The zero-order valence-corrected chi connectivity index (χ0v) is 18.3. The Labute approximate surface area is 195 Å². The summed E-state index contributed by atoms with van der Waals surface area (Å²) in [4.78, 5) is 44.4. The fourth-order valence-electron chi connectivity index (χ4n) is 5.33. The molecule has 3 fully saturated rings. The lowest BCUT2D eigenvalue weighted by molar-refractivity contribution is -0.137. The predicted octanol–water partition coefficient (Wildman–Crippen LogP) is 3.69. The summed E-state index contributed by atoms with van der Waals surface area (Å²) in [7, 11) is 0. The number of piperazine rings is 1. The molecular weight excluding hydrogens is 442 g/mol. The van der Waals surface area contributed by atoms with Crippen molar-refractivity contribution in [3.05, 3.63) is 71.8 Å². The van der Waals surface area contributed by atoms with E-state index in [4.69, 9.17) is 16.3 Å². The minimum atomic E-state index is -0.658. The number of benzene rings is 3. The summed E-state index contributed by atoms with van der Waals surface area (Å²) in [5.41, 5.74) is 0.584. The second kappa shape index (κ2) is 7.49. The topological polar surface area (TPSA) is 70.2 Å². The Balaban J connectivity index is 1.23. The fourth-order valence-corrected chi connectivity index (χ4v) is 5.45. The average Bonchev–Trinajstić information content (AvgIpc) is 3.49. The monoisotopic (exact) mass is 461 g/mol. The fraction of sp³-hybridized carbons (Fsp3) is 0.240. The number of hydrogen-bond acceptors (Lipinski definition) is 4. The van der Waals surface area contributed by atoms with Crippen molar-refractivity contribution in [2.24, 2.45) is 0 Å². The first-order chi connectivity index (χ1) is 16.0. The number of carbonyl (C=O) groups is 3. The third kappa shape index (κ3) is 3.07. The van der Waals surface area contributed by atoms with Gasteiger partial charge < -0.3 is 14.5 Å². The maximum atomic E-state index is 13.5. The van der Waals surface area contributed by atoms with E-state index in [2.05, 4.69) is 0 Å². The van der Waals surface area contributed by atoms with Crippen molar-refractivity contribution in [2.45, 2.75) is 24.5 Å². The third-order valence-electron chi connectivity index (χ3n) is 6.77. The summed E-state index contributed by atoms with van der Waals surface area (Å²) >= 11 is 5.89. The van der Waals surface area contributed by atoms with Gasteiger partial charge in [0.2, 0.25) is 0 Å². The lowest BCUT2D eigenvalue weighted by Crippen LogP contribution is -2.55. The minimum Gasteiger partial charge on any atom is -0.484 e. The minimum absolute atomic E-state index is 0.132. The van der Waals surface area contributed by atoms with Gasteiger partial charge in [-0.1, -0.05) is 48.0 Å². The van der Waals surface area contributed by atoms with E-state index in [-0.39, 0.29) is 36.5 Å². The highest BCUT2D eigenvalue weighted by Gasteiger charge is 2.62. The first-order valence-electron chi connectivity index (χ1n) is 10.8.